The fourth-order valence-electron chi connectivity index (χ4n) is 1.69. The van der Waals surface area contributed by atoms with Crippen molar-refractivity contribution in [1.82, 2.24) is 9.97 Å². The molecule has 0 saturated heterocycles. The quantitative estimate of drug-likeness (QED) is 0.833. The number of nitroso groups, excluding NO2 is 1. The second-order valence-corrected chi connectivity index (χ2v) is 4.22. The maximum atomic E-state index is 11.0. The molecule has 1 aromatic carbocycles. The number of nitrogens with one attached hydrogen (secondary N) is 1. The van der Waals surface area contributed by atoms with E-state index in [2.05, 4.69) is 20.5 Å². The molecule has 2 rings (SSSR count). The molecule has 0 fully saturated rings. The first-order valence-corrected chi connectivity index (χ1v) is 5.86. The summed E-state index contributed by atoms with van der Waals surface area (Å²) in [5.41, 5.74) is 1.33. The van der Waals surface area contributed by atoms with E-state index in [0.717, 1.165) is 5.56 Å². The van der Waals surface area contributed by atoms with Crippen molar-refractivity contribution in [3.8, 4) is 0 Å². The third-order valence-electron chi connectivity index (χ3n) is 2.62. The van der Waals surface area contributed by atoms with Crippen molar-refractivity contribution in [2.75, 3.05) is 24.3 Å². The monoisotopic (exact) mass is 257 g/mol. The van der Waals surface area contributed by atoms with Crippen molar-refractivity contribution in [2.24, 2.45) is 5.18 Å². The summed E-state index contributed by atoms with van der Waals surface area (Å²) >= 11 is 0. The van der Waals surface area contributed by atoms with Crippen molar-refractivity contribution in [3.63, 3.8) is 0 Å². The lowest BCUT2D eigenvalue weighted by Crippen LogP contribution is -2.12. The molecular formula is C13H15N5O. The van der Waals surface area contributed by atoms with Crippen LogP contribution in [0.1, 0.15) is 5.56 Å². The van der Waals surface area contributed by atoms with Gasteiger partial charge >= 0.3 is 0 Å². The summed E-state index contributed by atoms with van der Waals surface area (Å²) < 4.78 is 0. The van der Waals surface area contributed by atoms with Gasteiger partial charge in [0.25, 0.3) is 0 Å². The zero-order chi connectivity index (χ0) is 13.7. The molecule has 0 saturated carbocycles. The van der Waals surface area contributed by atoms with Crippen molar-refractivity contribution in [2.45, 2.75) is 6.54 Å². The molecule has 0 bridgehead atoms. The molecule has 19 heavy (non-hydrogen) atoms. The molecule has 2 aromatic rings. The number of aromatic nitrogens is 2. The first-order valence-electron chi connectivity index (χ1n) is 5.86. The van der Waals surface area contributed by atoms with Gasteiger partial charge in [0.1, 0.15) is 6.33 Å². The Kier molecular flexibility index (Phi) is 4.02. The van der Waals surface area contributed by atoms with Crippen LogP contribution < -0.4 is 10.2 Å². The van der Waals surface area contributed by atoms with Crippen LogP contribution in [0.2, 0.25) is 0 Å². The molecule has 0 spiro atoms. The van der Waals surface area contributed by atoms with Crippen molar-refractivity contribution in [3.05, 3.63) is 47.1 Å². The second-order valence-electron chi connectivity index (χ2n) is 4.22. The predicted octanol–water partition coefficient (Wildman–Crippen LogP) is 2.55. The van der Waals surface area contributed by atoms with Crippen LogP contribution in [0.5, 0.6) is 0 Å². The molecule has 0 aliphatic carbocycles. The van der Waals surface area contributed by atoms with Crippen LogP contribution in [0.15, 0.2) is 41.8 Å². The average Bonchev–Trinajstić information content (AvgIpc) is 2.45. The molecule has 0 aliphatic heterocycles. The molecular weight excluding hydrogens is 242 g/mol. The summed E-state index contributed by atoms with van der Waals surface area (Å²) in [6.07, 6.45) is 1.41. The van der Waals surface area contributed by atoms with E-state index in [-0.39, 0.29) is 5.69 Å². The van der Waals surface area contributed by atoms with Gasteiger partial charge in [-0.2, -0.15) is 0 Å². The molecule has 98 valence electrons. The SMILES string of the molecule is CN(C)c1ncnc(NCc2ccccc2)c1N=O. The summed E-state index contributed by atoms with van der Waals surface area (Å²) in [7, 11) is 3.61. The van der Waals surface area contributed by atoms with Crippen LogP contribution in [-0.2, 0) is 6.54 Å². The highest BCUT2D eigenvalue weighted by molar-refractivity contribution is 5.73. The van der Waals surface area contributed by atoms with Gasteiger partial charge in [0.2, 0.25) is 0 Å². The van der Waals surface area contributed by atoms with E-state index < -0.39 is 0 Å². The van der Waals surface area contributed by atoms with Gasteiger partial charge in [-0.1, -0.05) is 30.3 Å². The van der Waals surface area contributed by atoms with Gasteiger partial charge in [-0.25, -0.2) is 9.97 Å². The minimum Gasteiger partial charge on any atom is -0.364 e. The number of anilines is 2. The Morgan fingerprint density at radius 3 is 2.58 bits per heavy atom. The van der Waals surface area contributed by atoms with Gasteiger partial charge in [-0.3, -0.25) is 0 Å². The van der Waals surface area contributed by atoms with E-state index in [4.69, 9.17) is 0 Å². The van der Waals surface area contributed by atoms with E-state index in [0.29, 0.717) is 18.2 Å². The number of rotatable bonds is 5. The molecule has 1 aromatic heterocycles. The van der Waals surface area contributed by atoms with E-state index in [1.54, 1.807) is 19.0 Å². The Morgan fingerprint density at radius 2 is 1.95 bits per heavy atom. The lowest BCUT2D eigenvalue weighted by Gasteiger charge is -2.14. The molecule has 6 heteroatoms. The largest absolute Gasteiger partial charge is 0.364 e. The number of hydrogen-bond donors (Lipinski definition) is 1. The Morgan fingerprint density at radius 1 is 1.21 bits per heavy atom. The van der Waals surface area contributed by atoms with Gasteiger partial charge in [-0.15, -0.1) is 4.91 Å². The Bertz CT molecular complexity index is 556. The summed E-state index contributed by atoms with van der Waals surface area (Å²) in [5, 5.41) is 6.13. The number of benzene rings is 1. The average molecular weight is 257 g/mol. The fourth-order valence-corrected chi connectivity index (χ4v) is 1.69. The summed E-state index contributed by atoms with van der Waals surface area (Å²) in [6, 6.07) is 9.86. The standard InChI is InChI=1S/C13H15N5O/c1-18(2)13-11(17-19)12(15-9-16-13)14-8-10-6-4-3-5-7-10/h3-7,9H,8H2,1-2H3,(H,14,15,16). The van der Waals surface area contributed by atoms with Crippen LogP contribution >= 0.6 is 0 Å². The fraction of sp³-hybridized carbons (Fsp3) is 0.231. The third-order valence-corrected chi connectivity index (χ3v) is 2.62. The molecule has 0 aliphatic rings. The first-order chi connectivity index (χ1) is 9.22. The summed E-state index contributed by atoms with van der Waals surface area (Å²) in [6.45, 7) is 0.577. The normalized spacial score (nSPS) is 10.0. The van der Waals surface area contributed by atoms with E-state index in [1.165, 1.54) is 6.33 Å². The Balaban J connectivity index is 2.21. The first kappa shape index (κ1) is 12.9. The maximum Gasteiger partial charge on any atom is 0.192 e. The maximum absolute atomic E-state index is 11.0. The highest BCUT2D eigenvalue weighted by Gasteiger charge is 2.13. The van der Waals surface area contributed by atoms with Crippen LogP contribution in [-0.4, -0.2) is 24.1 Å². The van der Waals surface area contributed by atoms with Gasteiger partial charge in [0.05, 0.1) is 0 Å². The predicted molar refractivity (Wildman–Crippen MR) is 75.6 cm³/mol. The number of hydrogen-bond acceptors (Lipinski definition) is 6. The van der Waals surface area contributed by atoms with Gasteiger partial charge in [0, 0.05) is 20.6 Å². The van der Waals surface area contributed by atoms with Gasteiger partial charge in [-0.05, 0) is 10.7 Å². The molecule has 0 unspecified atom stereocenters. The van der Waals surface area contributed by atoms with Crippen LogP contribution in [0.4, 0.5) is 17.3 Å². The lowest BCUT2D eigenvalue weighted by atomic mass is 10.2. The van der Waals surface area contributed by atoms with Crippen molar-refractivity contribution < 1.29 is 0 Å². The summed E-state index contributed by atoms with van der Waals surface area (Å²) in [4.78, 5) is 20.8. The molecule has 0 radical (unpaired) electrons. The smallest absolute Gasteiger partial charge is 0.192 e. The van der Waals surface area contributed by atoms with E-state index >= 15 is 0 Å². The molecule has 1 heterocycles. The van der Waals surface area contributed by atoms with Crippen molar-refractivity contribution >= 4 is 17.3 Å². The van der Waals surface area contributed by atoms with Gasteiger partial charge < -0.3 is 10.2 Å². The lowest BCUT2D eigenvalue weighted by molar-refractivity contribution is 1.02. The van der Waals surface area contributed by atoms with Crippen molar-refractivity contribution in [1.29, 1.82) is 0 Å². The second kappa shape index (κ2) is 5.90. The van der Waals surface area contributed by atoms with E-state index in [1.807, 2.05) is 30.3 Å². The zero-order valence-corrected chi connectivity index (χ0v) is 10.9. The van der Waals surface area contributed by atoms with Crippen LogP contribution in [0.25, 0.3) is 0 Å². The molecule has 1 N–H and O–H groups in total. The van der Waals surface area contributed by atoms with Crippen LogP contribution in [0.3, 0.4) is 0 Å². The van der Waals surface area contributed by atoms with Gasteiger partial charge in [0.15, 0.2) is 17.3 Å². The molecule has 0 amide bonds. The van der Waals surface area contributed by atoms with E-state index in [9.17, 15) is 4.91 Å². The van der Waals surface area contributed by atoms with Crippen LogP contribution in [0, 0.1) is 4.91 Å². The third kappa shape index (κ3) is 3.04. The zero-order valence-electron chi connectivity index (χ0n) is 10.9. The number of nitrogens with zero attached hydrogens (tertiary/aromatic N) is 4. The molecule has 6 nitrogen and oxygen atoms in total. The minimum absolute atomic E-state index is 0.225. The topological polar surface area (TPSA) is 70.5 Å². The summed E-state index contributed by atoms with van der Waals surface area (Å²) in [5.74, 6) is 0.943. The Hall–Kier alpha value is -2.50. The highest BCUT2D eigenvalue weighted by Crippen LogP contribution is 2.31. The molecule has 0 atom stereocenters. The minimum atomic E-state index is 0.225. The highest BCUT2D eigenvalue weighted by atomic mass is 16.3. The Labute approximate surface area is 111 Å².